The standard InChI is InChI=1S/C20H22F3NO4S/c1-4-29(26,27)28-18-11-5-15(6-12-18)13-24(14(2)3)19(25)16-7-9-17(10-8-16)20(21,22)23/h5-12,14H,4,13H2,1-3H3. The number of halogens is 3. The maximum Gasteiger partial charge on any atom is 0.416 e. The SMILES string of the molecule is CCS(=O)(=O)Oc1ccc(CN(C(=O)c2ccc(C(F)(F)F)cc2)C(C)C)cc1. The molecule has 0 atom stereocenters. The van der Waals surface area contributed by atoms with Crippen molar-refractivity contribution in [1.29, 1.82) is 0 Å². The van der Waals surface area contributed by atoms with Gasteiger partial charge in [0.25, 0.3) is 5.91 Å². The van der Waals surface area contributed by atoms with Crippen LogP contribution in [0.1, 0.15) is 42.3 Å². The molecule has 0 fully saturated rings. The highest BCUT2D eigenvalue weighted by atomic mass is 32.2. The zero-order chi connectivity index (χ0) is 21.8. The van der Waals surface area contributed by atoms with Crippen LogP contribution in [0.5, 0.6) is 5.75 Å². The monoisotopic (exact) mass is 429 g/mol. The zero-order valence-electron chi connectivity index (χ0n) is 16.2. The van der Waals surface area contributed by atoms with E-state index in [1.807, 2.05) is 0 Å². The van der Waals surface area contributed by atoms with Crippen LogP contribution in [0, 0.1) is 0 Å². The number of hydrogen-bond acceptors (Lipinski definition) is 4. The lowest BCUT2D eigenvalue weighted by molar-refractivity contribution is -0.137. The number of amides is 1. The fourth-order valence-corrected chi connectivity index (χ4v) is 3.03. The third-order valence-electron chi connectivity index (χ3n) is 4.20. The highest BCUT2D eigenvalue weighted by molar-refractivity contribution is 7.87. The molecule has 1 amide bonds. The van der Waals surface area contributed by atoms with Crippen molar-refractivity contribution in [3.63, 3.8) is 0 Å². The van der Waals surface area contributed by atoms with Crippen LogP contribution >= 0.6 is 0 Å². The molecule has 0 saturated heterocycles. The summed E-state index contributed by atoms with van der Waals surface area (Å²) in [7, 11) is -3.63. The first-order valence-electron chi connectivity index (χ1n) is 8.92. The molecule has 2 rings (SSSR count). The van der Waals surface area contributed by atoms with Crippen molar-refractivity contribution in [2.75, 3.05) is 5.75 Å². The molecule has 2 aromatic carbocycles. The lowest BCUT2D eigenvalue weighted by atomic mass is 10.1. The van der Waals surface area contributed by atoms with Gasteiger partial charge in [0.15, 0.2) is 0 Å². The Morgan fingerprint density at radius 1 is 1.03 bits per heavy atom. The Hall–Kier alpha value is -2.55. The van der Waals surface area contributed by atoms with Crippen molar-refractivity contribution >= 4 is 16.0 Å². The Morgan fingerprint density at radius 3 is 2.03 bits per heavy atom. The lowest BCUT2D eigenvalue weighted by Crippen LogP contribution is -2.36. The molecule has 0 aromatic heterocycles. The molecule has 0 spiro atoms. The normalized spacial score (nSPS) is 12.1. The van der Waals surface area contributed by atoms with Crippen LogP contribution in [0.15, 0.2) is 48.5 Å². The highest BCUT2D eigenvalue weighted by Gasteiger charge is 2.30. The molecular formula is C20H22F3NO4S. The number of carbonyl (C=O) groups excluding carboxylic acids is 1. The van der Waals surface area contributed by atoms with Gasteiger partial charge in [-0.3, -0.25) is 4.79 Å². The summed E-state index contributed by atoms with van der Waals surface area (Å²) >= 11 is 0. The van der Waals surface area contributed by atoms with Crippen LogP contribution in [-0.4, -0.2) is 31.0 Å². The van der Waals surface area contributed by atoms with E-state index in [0.717, 1.165) is 29.8 Å². The average Bonchev–Trinajstić information content (AvgIpc) is 2.66. The first-order valence-corrected chi connectivity index (χ1v) is 10.5. The quantitative estimate of drug-likeness (QED) is 0.609. The number of carbonyl (C=O) groups is 1. The molecule has 5 nitrogen and oxygen atoms in total. The molecule has 0 saturated carbocycles. The van der Waals surface area contributed by atoms with Gasteiger partial charge in [-0.05, 0) is 62.7 Å². The molecule has 0 unspecified atom stereocenters. The first-order chi connectivity index (χ1) is 13.4. The summed E-state index contributed by atoms with van der Waals surface area (Å²) < 4.78 is 66.1. The molecule has 0 heterocycles. The second-order valence-electron chi connectivity index (χ2n) is 6.68. The van der Waals surface area contributed by atoms with Gasteiger partial charge in [0.05, 0.1) is 11.3 Å². The largest absolute Gasteiger partial charge is 0.416 e. The Morgan fingerprint density at radius 2 is 1.59 bits per heavy atom. The molecule has 0 aliphatic heterocycles. The van der Waals surface area contributed by atoms with Crippen LogP contribution < -0.4 is 4.18 Å². The molecule has 0 N–H and O–H groups in total. The second-order valence-corrected chi connectivity index (χ2v) is 8.53. The molecule has 0 bridgehead atoms. The van der Waals surface area contributed by atoms with Crippen LogP contribution in [-0.2, 0) is 22.8 Å². The van der Waals surface area contributed by atoms with E-state index >= 15 is 0 Å². The molecule has 29 heavy (non-hydrogen) atoms. The van der Waals surface area contributed by atoms with Gasteiger partial charge < -0.3 is 9.08 Å². The van der Waals surface area contributed by atoms with E-state index in [9.17, 15) is 26.4 Å². The number of benzene rings is 2. The lowest BCUT2D eigenvalue weighted by Gasteiger charge is -2.27. The van der Waals surface area contributed by atoms with Crippen LogP contribution in [0.3, 0.4) is 0 Å². The Labute approximate surface area is 168 Å². The van der Waals surface area contributed by atoms with Gasteiger partial charge in [0, 0.05) is 18.2 Å². The molecule has 2 aromatic rings. The van der Waals surface area contributed by atoms with Gasteiger partial charge in [-0.25, -0.2) is 0 Å². The summed E-state index contributed by atoms with van der Waals surface area (Å²) in [6.07, 6.45) is -4.46. The van der Waals surface area contributed by atoms with Crippen molar-refractivity contribution in [3.8, 4) is 5.75 Å². The van der Waals surface area contributed by atoms with Gasteiger partial charge in [-0.1, -0.05) is 12.1 Å². The Kier molecular flexibility index (Phi) is 6.94. The van der Waals surface area contributed by atoms with Crippen molar-refractivity contribution in [2.24, 2.45) is 0 Å². The maximum absolute atomic E-state index is 12.8. The van der Waals surface area contributed by atoms with Crippen LogP contribution in [0.4, 0.5) is 13.2 Å². The number of rotatable bonds is 7. The minimum absolute atomic E-state index is 0.153. The van der Waals surface area contributed by atoms with Gasteiger partial charge in [-0.15, -0.1) is 0 Å². The predicted octanol–water partition coefficient (Wildman–Crippen LogP) is 4.48. The summed E-state index contributed by atoms with van der Waals surface area (Å²) in [5.41, 5.74) is 0.0590. The fourth-order valence-electron chi connectivity index (χ4n) is 2.51. The van der Waals surface area contributed by atoms with E-state index in [1.54, 1.807) is 26.0 Å². The molecular weight excluding hydrogens is 407 g/mol. The summed E-state index contributed by atoms with van der Waals surface area (Å²) in [6, 6.07) is 10.1. The number of nitrogens with zero attached hydrogens (tertiary/aromatic N) is 1. The molecule has 0 aliphatic carbocycles. The Balaban J connectivity index is 2.16. The molecule has 0 radical (unpaired) electrons. The molecule has 0 aliphatic rings. The average molecular weight is 429 g/mol. The van der Waals surface area contributed by atoms with E-state index in [-0.39, 0.29) is 29.7 Å². The predicted molar refractivity (Wildman–Crippen MR) is 103 cm³/mol. The highest BCUT2D eigenvalue weighted by Crippen LogP contribution is 2.29. The second kappa shape index (κ2) is 8.86. The van der Waals surface area contributed by atoms with Crippen molar-refractivity contribution in [2.45, 2.75) is 39.5 Å². The van der Waals surface area contributed by atoms with E-state index in [4.69, 9.17) is 4.18 Å². The van der Waals surface area contributed by atoms with E-state index in [1.165, 1.54) is 24.0 Å². The van der Waals surface area contributed by atoms with Gasteiger partial charge in [0.1, 0.15) is 5.75 Å². The third-order valence-corrected chi connectivity index (χ3v) is 5.35. The van der Waals surface area contributed by atoms with Gasteiger partial charge >= 0.3 is 16.3 Å². The molecule has 158 valence electrons. The minimum Gasteiger partial charge on any atom is -0.382 e. The van der Waals surface area contributed by atoms with Crippen LogP contribution in [0.25, 0.3) is 0 Å². The van der Waals surface area contributed by atoms with Gasteiger partial charge in [0.2, 0.25) is 0 Å². The molecule has 9 heteroatoms. The zero-order valence-corrected chi connectivity index (χ0v) is 17.0. The van der Waals surface area contributed by atoms with Crippen molar-refractivity contribution in [3.05, 3.63) is 65.2 Å². The van der Waals surface area contributed by atoms with Gasteiger partial charge in [-0.2, -0.15) is 21.6 Å². The summed E-state index contributed by atoms with van der Waals surface area (Å²) in [5.74, 6) is -0.388. The van der Waals surface area contributed by atoms with E-state index in [2.05, 4.69) is 0 Å². The van der Waals surface area contributed by atoms with Crippen LogP contribution in [0.2, 0.25) is 0 Å². The van der Waals surface area contributed by atoms with Crippen molar-refractivity contribution in [1.82, 2.24) is 4.90 Å². The summed E-state index contributed by atoms with van der Waals surface area (Å²) in [4.78, 5) is 14.3. The third kappa shape index (κ3) is 6.22. The fraction of sp³-hybridized carbons (Fsp3) is 0.350. The van der Waals surface area contributed by atoms with E-state index in [0.29, 0.717) is 0 Å². The first kappa shape index (κ1) is 22.7. The topological polar surface area (TPSA) is 63.7 Å². The summed E-state index contributed by atoms with van der Waals surface area (Å²) in [5, 5.41) is 0. The summed E-state index contributed by atoms with van der Waals surface area (Å²) in [6.45, 7) is 5.27. The Bertz CT molecular complexity index is 937. The number of hydrogen-bond donors (Lipinski definition) is 0. The maximum atomic E-state index is 12.8. The van der Waals surface area contributed by atoms with E-state index < -0.39 is 27.8 Å². The number of alkyl halides is 3. The minimum atomic E-state index is -4.46. The smallest absolute Gasteiger partial charge is 0.382 e. The van der Waals surface area contributed by atoms with Crippen molar-refractivity contribution < 1.29 is 30.6 Å².